The summed E-state index contributed by atoms with van der Waals surface area (Å²) in [7, 11) is 0. The summed E-state index contributed by atoms with van der Waals surface area (Å²) in [6, 6.07) is 15.4. The van der Waals surface area contributed by atoms with E-state index in [0.717, 1.165) is 38.9 Å². The molecule has 1 amide bonds. The molecule has 0 fully saturated rings. The quantitative estimate of drug-likeness (QED) is 0.351. The van der Waals surface area contributed by atoms with E-state index in [-0.39, 0.29) is 12.0 Å². The van der Waals surface area contributed by atoms with Gasteiger partial charge in [0.2, 0.25) is 0 Å². The minimum Gasteiger partial charge on any atom is -0.491 e. The summed E-state index contributed by atoms with van der Waals surface area (Å²) in [6.07, 6.45) is -1.15. The Hall–Kier alpha value is -3.64. The zero-order valence-corrected chi connectivity index (χ0v) is 24.2. The number of carbonyl (C=O) groups excluding carboxylic acids is 1. The molecule has 0 spiro atoms. The van der Waals surface area contributed by atoms with Crippen molar-refractivity contribution in [3.8, 4) is 16.9 Å². The number of aliphatic carboxylic acids is 1. The van der Waals surface area contributed by atoms with Crippen LogP contribution in [0.25, 0.3) is 11.1 Å². The Balaban J connectivity index is 1.83. The fraction of sp³-hybridized carbons (Fsp3) is 0.394. The second kappa shape index (κ2) is 10.9. The van der Waals surface area contributed by atoms with Crippen molar-refractivity contribution < 1.29 is 24.2 Å². The predicted octanol–water partition coefficient (Wildman–Crippen LogP) is 7.16. The Kier molecular flexibility index (Phi) is 7.89. The third kappa shape index (κ3) is 6.01. The molecule has 1 aliphatic heterocycles. The standard InChI is InChI=1S/C33H39NO5/c1-19(2)38-25-11-9-10-24(16-25)31(35)34-17-26-21(4)28(23-14-12-20(3)13-15-23)29(22(5)27(26)18-34)30(32(36)37)39-33(6,7)8/h9-16,19,30H,17-18H2,1-8H3,(H,36,37)/t30-/m0/s1. The summed E-state index contributed by atoms with van der Waals surface area (Å²) >= 11 is 0. The topological polar surface area (TPSA) is 76.1 Å². The predicted molar refractivity (Wildman–Crippen MR) is 153 cm³/mol. The van der Waals surface area contributed by atoms with Crippen LogP contribution in [-0.2, 0) is 22.6 Å². The number of amides is 1. The first-order valence-corrected chi connectivity index (χ1v) is 13.4. The molecule has 3 aromatic carbocycles. The van der Waals surface area contributed by atoms with Crippen molar-refractivity contribution in [1.29, 1.82) is 0 Å². The van der Waals surface area contributed by atoms with Crippen molar-refractivity contribution >= 4 is 11.9 Å². The van der Waals surface area contributed by atoms with E-state index >= 15 is 0 Å². The number of nitrogens with zero attached hydrogens (tertiary/aromatic N) is 1. The van der Waals surface area contributed by atoms with E-state index in [0.29, 0.717) is 30.0 Å². The summed E-state index contributed by atoms with van der Waals surface area (Å²) in [5, 5.41) is 10.3. The third-order valence-electron chi connectivity index (χ3n) is 7.05. The van der Waals surface area contributed by atoms with Crippen LogP contribution in [-0.4, -0.2) is 33.6 Å². The number of carboxylic acids is 1. The van der Waals surface area contributed by atoms with Crippen molar-refractivity contribution in [3.63, 3.8) is 0 Å². The number of carboxylic acid groups (broad SMARTS) is 1. The molecular formula is C33H39NO5. The maximum absolute atomic E-state index is 13.6. The Morgan fingerprint density at radius 2 is 1.54 bits per heavy atom. The average Bonchev–Trinajstić information content (AvgIpc) is 3.30. The van der Waals surface area contributed by atoms with Gasteiger partial charge in [-0.1, -0.05) is 35.9 Å². The lowest BCUT2D eigenvalue weighted by atomic mass is 9.83. The number of rotatable bonds is 7. The van der Waals surface area contributed by atoms with E-state index in [2.05, 4.69) is 0 Å². The molecule has 0 radical (unpaired) electrons. The van der Waals surface area contributed by atoms with Crippen LogP contribution in [0.2, 0.25) is 0 Å². The SMILES string of the molecule is Cc1ccc(-c2c(C)c3c(c(C)c2[C@H](OC(C)(C)C)C(=O)O)CN(C(=O)c2cccc(OC(C)C)c2)C3)cc1. The Labute approximate surface area is 231 Å². The van der Waals surface area contributed by atoms with Gasteiger partial charge < -0.3 is 19.5 Å². The Morgan fingerprint density at radius 3 is 2.10 bits per heavy atom. The molecule has 0 saturated heterocycles. The summed E-state index contributed by atoms with van der Waals surface area (Å²) in [5.74, 6) is -0.459. The minimum absolute atomic E-state index is 0.00723. The number of fused-ring (bicyclic) bond motifs is 1. The maximum Gasteiger partial charge on any atom is 0.337 e. The highest BCUT2D eigenvalue weighted by atomic mass is 16.5. The van der Waals surface area contributed by atoms with Crippen molar-refractivity contribution in [2.24, 2.45) is 0 Å². The van der Waals surface area contributed by atoms with Gasteiger partial charge in [-0.25, -0.2) is 4.79 Å². The molecule has 1 aliphatic rings. The summed E-state index contributed by atoms with van der Waals surface area (Å²) in [6.45, 7) is 16.4. The summed E-state index contributed by atoms with van der Waals surface area (Å²) < 4.78 is 12.0. The fourth-order valence-corrected chi connectivity index (χ4v) is 5.33. The van der Waals surface area contributed by atoms with Crippen molar-refractivity contribution in [1.82, 2.24) is 4.90 Å². The lowest BCUT2D eigenvalue weighted by Gasteiger charge is -2.29. The van der Waals surface area contributed by atoms with E-state index in [1.807, 2.05) is 96.7 Å². The zero-order valence-electron chi connectivity index (χ0n) is 24.2. The van der Waals surface area contributed by atoms with Gasteiger partial charge in [-0.3, -0.25) is 4.79 Å². The monoisotopic (exact) mass is 529 g/mol. The van der Waals surface area contributed by atoms with Crippen LogP contribution < -0.4 is 4.74 Å². The van der Waals surface area contributed by atoms with Crippen molar-refractivity contribution in [2.75, 3.05) is 0 Å². The van der Waals surface area contributed by atoms with Gasteiger partial charge in [0.05, 0.1) is 11.7 Å². The lowest BCUT2D eigenvalue weighted by Crippen LogP contribution is -2.28. The van der Waals surface area contributed by atoms with E-state index in [1.165, 1.54) is 0 Å². The van der Waals surface area contributed by atoms with Crippen LogP contribution in [0, 0.1) is 20.8 Å². The van der Waals surface area contributed by atoms with Gasteiger partial charge in [-0.05, 0) is 107 Å². The van der Waals surface area contributed by atoms with Gasteiger partial charge in [0.25, 0.3) is 5.91 Å². The van der Waals surface area contributed by atoms with Crippen LogP contribution in [0.3, 0.4) is 0 Å². The highest BCUT2D eigenvalue weighted by Gasteiger charge is 2.36. The number of hydrogen-bond acceptors (Lipinski definition) is 4. The van der Waals surface area contributed by atoms with Crippen LogP contribution in [0.15, 0.2) is 48.5 Å². The maximum atomic E-state index is 13.6. The van der Waals surface area contributed by atoms with Gasteiger partial charge in [-0.15, -0.1) is 0 Å². The van der Waals surface area contributed by atoms with Gasteiger partial charge in [0, 0.05) is 24.2 Å². The number of ether oxygens (including phenoxy) is 2. The summed E-state index contributed by atoms with van der Waals surface area (Å²) in [4.78, 5) is 28.1. The van der Waals surface area contributed by atoms with Gasteiger partial charge >= 0.3 is 5.97 Å². The molecule has 206 valence electrons. The molecule has 0 aromatic heterocycles. The molecule has 6 nitrogen and oxygen atoms in total. The first-order valence-electron chi connectivity index (χ1n) is 13.4. The highest BCUT2D eigenvalue weighted by molar-refractivity contribution is 5.95. The molecule has 0 saturated carbocycles. The molecule has 1 atom stereocenters. The number of aryl methyl sites for hydroxylation is 1. The molecular weight excluding hydrogens is 490 g/mol. The van der Waals surface area contributed by atoms with Crippen LogP contribution in [0.1, 0.15) is 84.5 Å². The number of benzene rings is 3. The highest BCUT2D eigenvalue weighted by Crippen LogP contribution is 2.44. The molecule has 0 unspecified atom stereocenters. The number of carbonyl (C=O) groups is 2. The van der Waals surface area contributed by atoms with E-state index in [4.69, 9.17) is 9.47 Å². The van der Waals surface area contributed by atoms with Crippen molar-refractivity contribution in [2.45, 2.75) is 86.3 Å². The normalized spacial score (nSPS) is 13.9. The zero-order chi connectivity index (χ0) is 28.6. The van der Waals surface area contributed by atoms with E-state index in [9.17, 15) is 14.7 Å². The summed E-state index contributed by atoms with van der Waals surface area (Å²) in [5.41, 5.74) is 7.36. The number of hydrogen-bond donors (Lipinski definition) is 1. The van der Waals surface area contributed by atoms with E-state index < -0.39 is 17.7 Å². The Morgan fingerprint density at radius 1 is 0.923 bits per heavy atom. The average molecular weight is 530 g/mol. The Bertz CT molecular complexity index is 1400. The van der Waals surface area contributed by atoms with Crippen LogP contribution >= 0.6 is 0 Å². The van der Waals surface area contributed by atoms with Crippen LogP contribution in [0.4, 0.5) is 0 Å². The molecule has 39 heavy (non-hydrogen) atoms. The van der Waals surface area contributed by atoms with Gasteiger partial charge in [0.1, 0.15) is 5.75 Å². The van der Waals surface area contributed by atoms with Crippen molar-refractivity contribution in [3.05, 3.63) is 87.5 Å². The molecule has 1 N–H and O–H groups in total. The van der Waals surface area contributed by atoms with Gasteiger partial charge in [-0.2, -0.15) is 0 Å². The van der Waals surface area contributed by atoms with E-state index in [1.54, 1.807) is 12.1 Å². The molecule has 0 aliphatic carbocycles. The smallest absolute Gasteiger partial charge is 0.337 e. The second-order valence-corrected chi connectivity index (χ2v) is 11.7. The first-order chi connectivity index (χ1) is 18.3. The van der Waals surface area contributed by atoms with Crippen LogP contribution in [0.5, 0.6) is 5.75 Å². The molecule has 1 heterocycles. The van der Waals surface area contributed by atoms with Gasteiger partial charge in [0.15, 0.2) is 6.10 Å². The fourth-order valence-electron chi connectivity index (χ4n) is 5.33. The molecule has 0 bridgehead atoms. The molecule has 3 aromatic rings. The third-order valence-corrected chi connectivity index (χ3v) is 7.05. The second-order valence-electron chi connectivity index (χ2n) is 11.7. The molecule has 6 heteroatoms. The first kappa shape index (κ1) is 28.4. The largest absolute Gasteiger partial charge is 0.491 e. The minimum atomic E-state index is -1.15. The lowest BCUT2D eigenvalue weighted by molar-refractivity contribution is -0.160. The molecule has 4 rings (SSSR count).